The Balaban J connectivity index is 0.000000980. The molecule has 2 aliphatic carbocycles. The third-order valence-corrected chi connectivity index (χ3v) is 3.29. The molecule has 0 spiro atoms. The van der Waals surface area contributed by atoms with Crippen molar-refractivity contribution in [1.82, 2.24) is 0 Å². The zero-order valence-electron chi connectivity index (χ0n) is 9.59. The fourth-order valence-electron chi connectivity index (χ4n) is 2.48. The third-order valence-electron chi connectivity index (χ3n) is 3.29. The molecule has 0 aromatic rings. The predicted molar refractivity (Wildman–Crippen MR) is 54.5 cm³/mol. The van der Waals surface area contributed by atoms with Crippen LogP contribution in [0.1, 0.15) is 57.8 Å². The van der Waals surface area contributed by atoms with Crippen molar-refractivity contribution in [1.29, 1.82) is 0 Å². The van der Waals surface area contributed by atoms with Gasteiger partial charge in [0.1, 0.15) is 0 Å². The fourth-order valence-corrected chi connectivity index (χ4v) is 2.48. The molecule has 84 valence electrons. The van der Waals surface area contributed by atoms with E-state index < -0.39 is 0 Å². The summed E-state index contributed by atoms with van der Waals surface area (Å²) in [5.41, 5.74) is 0. The second-order valence-electron chi connectivity index (χ2n) is 4.45. The van der Waals surface area contributed by atoms with E-state index >= 15 is 0 Å². The molecule has 2 saturated carbocycles. The number of hydrogen-bond acceptors (Lipinski definition) is 1. The van der Waals surface area contributed by atoms with E-state index in [1.807, 2.05) is 0 Å². The first-order valence-corrected chi connectivity index (χ1v) is 5.94. The summed E-state index contributed by atoms with van der Waals surface area (Å²) in [5, 5.41) is 0. The zero-order chi connectivity index (χ0) is 8.93. The van der Waals surface area contributed by atoms with Crippen LogP contribution < -0.4 is 12.4 Å². The second kappa shape index (κ2) is 9.24. The van der Waals surface area contributed by atoms with Crippen molar-refractivity contribution in [3.05, 3.63) is 6.42 Å². The van der Waals surface area contributed by atoms with Crippen LogP contribution in [0.3, 0.4) is 0 Å². The van der Waals surface area contributed by atoms with Crippen molar-refractivity contribution in [2.75, 3.05) is 0 Å². The molecule has 2 aliphatic rings. The van der Waals surface area contributed by atoms with Crippen molar-refractivity contribution >= 4 is 0 Å². The number of halogens is 1. The normalized spacial score (nSPS) is 24.0. The molecule has 1 nitrogen and oxygen atoms in total. The van der Waals surface area contributed by atoms with Crippen LogP contribution in [-0.2, 0) is 32.4 Å². The van der Waals surface area contributed by atoms with E-state index in [-0.39, 0.29) is 40.1 Å². The van der Waals surface area contributed by atoms with Crippen LogP contribution in [0.2, 0.25) is 0 Å². The number of ether oxygens (including phenoxy) is 1. The zero-order valence-corrected chi connectivity index (χ0v) is 15.8. The van der Waals surface area contributed by atoms with Crippen LogP contribution in [0, 0.1) is 6.42 Å². The Kier molecular flexibility index (Phi) is 9.97. The molecule has 2 rings (SSSR count). The Hall–Kier alpha value is 1.19. The van der Waals surface area contributed by atoms with Crippen LogP contribution in [0.4, 0.5) is 0 Å². The van der Waals surface area contributed by atoms with Gasteiger partial charge in [0.2, 0.25) is 0 Å². The van der Waals surface area contributed by atoms with Gasteiger partial charge in [0, 0.05) is 0 Å². The van der Waals surface area contributed by atoms with Crippen LogP contribution in [0.5, 0.6) is 0 Å². The van der Waals surface area contributed by atoms with Gasteiger partial charge in [0.25, 0.3) is 0 Å². The Labute approximate surface area is 121 Å². The maximum absolute atomic E-state index is 6.08. The van der Waals surface area contributed by atoms with E-state index in [9.17, 15) is 0 Å². The van der Waals surface area contributed by atoms with E-state index in [0.29, 0.717) is 12.2 Å². The first-order valence-electron chi connectivity index (χ1n) is 5.94. The van der Waals surface area contributed by atoms with Gasteiger partial charge in [-0.3, -0.25) is 0 Å². The van der Waals surface area contributed by atoms with Gasteiger partial charge in [-0.2, -0.15) is 0 Å². The quantitative estimate of drug-likeness (QED) is 0.595. The molecule has 1 atom stereocenters. The molecular formula is C12H21ClHgO. The summed E-state index contributed by atoms with van der Waals surface area (Å²) < 4.78 is 6.08. The first-order chi connectivity index (χ1) is 6.45. The van der Waals surface area contributed by atoms with E-state index in [2.05, 4.69) is 6.42 Å². The van der Waals surface area contributed by atoms with Crippen molar-refractivity contribution in [3.8, 4) is 0 Å². The maximum atomic E-state index is 6.08. The molecule has 0 heterocycles. The summed E-state index contributed by atoms with van der Waals surface area (Å²) in [6, 6.07) is 0. The predicted octanol–water partition coefficient (Wildman–Crippen LogP) is 0.484. The molecule has 3 heteroatoms. The summed E-state index contributed by atoms with van der Waals surface area (Å²) in [7, 11) is 0. The average molecular weight is 417 g/mol. The van der Waals surface area contributed by atoms with Gasteiger partial charge in [-0.05, 0) is 32.1 Å². The topological polar surface area (TPSA) is 9.23 Å². The Morgan fingerprint density at radius 3 is 2.13 bits per heavy atom. The van der Waals surface area contributed by atoms with Crippen LogP contribution in [-0.4, -0.2) is 12.2 Å². The van der Waals surface area contributed by atoms with Crippen molar-refractivity contribution < 1.29 is 44.8 Å². The first kappa shape index (κ1) is 16.2. The third kappa shape index (κ3) is 5.88. The number of hydrogen-bond donors (Lipinski definition) is 0. The Morgan fingerprint density at radius 1 is 0.867 bits per heavy atom. The van der Waals surface area contributed by atoms with Gasteiger partial charge in [0.05, 0.1) is 12.2 Å². The van der Waals surface area contributed by atoms with Crippen LogP contribution >= 0.6 is 0 Å². The van der Waals surface area contributed by atoms with Crippen molar-refractivity contribution in [3.63, 3.8) is 0 Å². The van der Waals surface area contributed by atoms with Gasteiger partial charge in [0.15, 0.2) is 0 Å². The Bertz CT molecular complexity index is 127. The molecule has 0 aliphatic heterocycles. The van der Waals surface area contributed by atoms with Gasteiger partial charge < -0.3 is 17.1 Å². The Morgan fingerprint density at radius 2 is 1.53 bits per heavy atom. The minimum atomic E-state index is 0. The maximum Gasteiger partial charge on any atom is 1.00 e. The summed E-state index contributed by atoms with van der Waals surface area (Å²) >= 11 is 0. The van der Waals surface area contributed by atoms with Gasteiger partial charge in [-0.25, -0.2) is 0 Å². The minimum Gasteiger partial charge on any atom is -1.00 e. The molecular weight excluding hydrogens is 396 g/mol. The van der Waals surface area contributed by atoms with E-state index in [1.54, 1.807) is 0 Å². The van der Waals surface area contributed by atoms with Crippen molar-refractivity contribution in [2.45, 2.75) is 70.0 Å². The van der Waals surface area contributed by atoms with Gasteiger partial charge in [-0.1, -0.05) is 32.1 Å². The average Bonchev–Trinajstić information content (AvgIpc) is 2.21. The molecule has 0 aromatic heterocycles. The van der Waals surface area contributed by atoms with Crippen molar-refractivity contribution in [2.24, 2.45) is 0 Å². The van der Waals surface area contributed by atoms with E-state index in [0.717, 1.165) is 0 Å². The summed E-state index contributed by atoms with van der Waals surface area (Å²) in [6.45, 7) is 0. The standard InChI is InChI=1S/C12H21O.ClH.Hg/c1-3-7-11(8-4-1)13-12-9-5-2-6-10-12;;/h7,11-12H,1-6,8-10H2;1H;/q;;+1/p-1/t11-;;/m0../s1. The summed E-state index contributed by atoms with van der Waals surface area (Å²) in [5.74, 6) is 0. The monoisotopic (exact) mass is 418 g/mol. The van der Waals surface area contributed by atoms with E-state index in [4.69, 9.17) is 4.74 Å². The number of rotatable bonds is 2. The van der Waals surface area contributed by atoms with Gasteiger partial charge in [-0.15, -0.1) is 0 Å². The van der Waals surface area contributed by atoms with Gasteiger partial charge >= 0.3 is 27.7 Å². The molecule has 0 bridgehead atoms. The molecule has 2 radical (unpaired) electrons. The van der Waals surface area contributed by atoms with Crippen LogP contribution in [0.15, 0.2) is 0 Å². The fraction of sp³-hybridized carbons (Fsp3) is 0.917. The molecule has 0 unspecified atom stereocenters. The van der Waals surface area contributed by atoms with Crippen LogP contribution in [0.25, 0.3) is 0 Å². The smallest absolute Gasteiger partial charge is 1.00 e. The summed E-state index contributed by atoms with van der Waals surface area (Å²) in [6.07, 6.45) is 15.6. The second-order valence-corrected chi connectivity index (χ2v) is 4.45. The molecule has 0 aromatic carbocycles. The largest absolute Gasteiger partial charge is 1.00 e. The summed E-state index contributed by atoms with van der Waals surface area (Å²) in [4.78, 5) is 0. The SMILES string of the molecule is [CH]1CCCC[C@H]1OC1CCCCC1.[Cl-].[Hg+]. The molecule has 15 heavy (non-hydrogen) atoms. The molecule has 0 N–H and O–H groups in total. The molecule has 0 saturated heterocycles. The minimum absolute atomic E-state index is 0. The molecule has 2 fully saturated rings. The molecule has 0 amide bonds. The van der Waals surface area contributed by atoms with E-state index in [1.165, 1.54) is 57.8 Å².